The van der Waals surface area contributed by atoms with E-state index in [4.69, 9.17) is 9.47 Å². The third kappa shape index (κ3) is 5.00. The molecule has 1 aliphatic rings. The van der Waals surface area contributed by atoms with Crippen LogP contribution in [0, 0.1) is 0 Å². The largest absolute Gasteiger partial charge is 0.454 e. The quantitative estimate of drug-likeness (QED) is 0.710. The molecular formula is C16H26N2O4S. The van der Waals surface area contributed by atoms with Crippen molar-refractivity contribution < 1.29 is 17.9 Å². The fourth-order valence-electron chi connectivity index (χ4n) is 2.09. The van der Waals surface area contributed by atoms with Gasteiger partial charge in [-0.1, -0.05) is 6.42 Å². The molecule has 0 aliphatic carbocycles. The van der Waals surface area contributed by atoms with E-state index in [0.29, 0.717) is 6.54 Å². The van der Waals surface area contributed by atoms with Gasteiger partial charge in [0.2, 0.25) is 16.8 Å². The summed E-state index contributed by atoms with van der Waals surface area (Å²) < 4.78 is 36.2. The van der Waals surface area contributed by atoms with Gasteiger partial charge in [-0.05, 0) is 45.7 Å². The van der Waals surface area contributed by atoms with Crippen molar-refractivity contribution >= 4 is 15.7 Å². The smallest absolute Gasteiger partial charge is 0.231 e. The van der Waals surface area contributed by atoms with Gasteiger partial charge in [0.15, 0.2) is 11.5 Å². The minimum Gasteiger partial charge on any atom is -0.454 e. The highest BCUT2D eigenvalue weighted by Gasteiger charge is 2.27. The summed E-state index contributed by atoms with van der Waals surface area (Å²) in [4.78, 5) is 0. The zero-order chi connectivity index (χ0) is 16.9. The number of ether oxygens (including phenoxy) is 2. The van der Waals surface area contributed by atoms with E-state index in [1.54, 1.807) is 20.8 Å². The molecule has 0 amide bonds. The molecule has 0 radical (unpaired) electrons. The van der Waals surface area contributed by atoms with E-state index in [-0.39, 0.29) is 6.79 Å². The Morgan fingerprint density at radius 1 is 1.04 bits per heavy atom. The minimum absolute atomic E-state index is 0.281. The number of hydrogen-bond donors (Lipinski definition) is 2. The van der Waals surface area contributed by atoms with Crippen LogP contribution in [0.4, 0.5) is 5.69 Å². The van der Waals surface area contributed by atoms with Gasteiger partial charge in [0.05, 0.1) is 4.75 Å². The zero-order valence-electron chi connectivity index (χ0n) is 14.0. The van der Waals surface area contributed by atoms with Crippen LogP contribution in [0.15, 0.2) is 18.2 Å². The Morgan fingerprint density at radius 2 is 1.74 bits per heavy atom. The van der Waals surface area contributed by atoms with Crippen molar-refractivity contribution in [1.29, 1.82) is 0 Å². The van der Waals surface area contributed by atoms with Crippen LogP contribution in [-0.4, -0.2) is 33.0 Å². The molecule has 23 heavy (non-hydrogen) atoms. The molecule has 0 bridgehead atoms. The maximum Gasteiger partial charge on any atom is 0.231 e. The molecule has 0 atom stereocenters. The van der Waals surface area contributed by atoms with Gasteiger partial charge in [-0.25, -0.2) is 13.1 Å². The molecule has 1 aliphatic heterocycles. The van der Waals surface area contributed by atoms with E-state index in [9.17, 15) is 8.42 Å². The number of hydrogen-bond acceptors (Lipinski definition) is 5. The lowest BCUT2D eigenvalue weighted by Crippen LogP contribution is -2.39. The Kier molecular flexibility index (Phi) is 5.75. The molecule has 2 rings (SSSR count). The highest BCUT2D eigenvalue weighted by atomic mass is 32.2. The van der Waals surface area contributed by atoms with Crippen molar-refractivity contribution in [2.24, 2.45) is 0 Å². The predicted molar refractivity (Wildman–Crippen MR) is 91.6 cm³/mol. The van der Waals surface area contributed by atoms with Crippen LogP contribution in [-0.2, 0) is 10.0 Å². The number of unbranched alkanes of at least 4 members (excludes halogenated alkanes) is 2. The first kappa shape index (κ1) is 17.9. The van der Waals surface area contributed by atoms with Crippen LogP contribution >= 0.6 is 0 Å². The summed E-state index contributed by atoms with van der Waals surface area (Å²) in [5.74, 6) is 1.55. The van der Waals surface area contributed by atoms with Gasteiger partial charge in [-0.15, -0.1) is 0 Å². The maximum absolute atomic E-state index is 11.9. The third-order valence-corrected chi connectivity index (χ3v) is 5.85. The van der Waals surface area contributed by atoms with Crippen molar-refractivity contribution in [3.05, 3.63) is 18.2 Å². The van der Waals surface area contributed by atoms with E-state index < -0.39 is 14.8 Å². The number of nitrogens with one attached hydrogen (secondary N) is 2. The van der Waals surface area contributed by atoms with Crippen LogP contribution < -0.4 is 19.5 Å². The second-order valence-electron chi connectivity index (χ2n) is 6.57. The van der Waals surface area contributed by atoms with Crippen LogP contribution in [0.3, 0.4) is 0 Å². The molecule has 7 heteroatoms. The summed E-state index contributed by atoms with van der Waals surface area (Å²) >= 11 is 0. The number of fused-ring (bicyclic) bond motifs is 1. The molecule has 1 aromatic rings. The number of benzene rings is 1. The SMILES string of the molecule is CC(C)(C)S(=O)(=O)NCCCCCNc1ccc2c(c1)OCO2. The van der Waals surface area contributed by atoms with Gasteiger partial charge in [0.1, 0.15) is 0 Å². The first-order valence-corrected chi connectivity index (χ1v) is 9.41. The lowest BCUT2D eigenvalue weighted by molar-refractivity contribution is 0.174. The highest BCUT2D eigenvalue weighted by molar-refractivity contribution is 7.90. The van der Waals surface area contributed by atoms with Gasteiger partial charge in [-0.3, -0.25) is 0 Å². The molecule has 0 saturated heterocycles. The monoisotopic (exact) mass is 342 g/mol. The van der Waals surface area contributed by atoms with Crippen LogP contribution in [0.25, 0.3) is 0 Å². The molecular weight excluding hydrogens is 316 g/mol. The Morgan fingerprint density at radius 3 is 2.48 bits per heavy atom. The molecule has 1 heterocycles. The van der Waals surface area contributed by atoms with E-state index in [0.717, 1.165) is 43.0 Å². The topological polar surface area (TPSA) is 76.7 Å². The van der Waals surface area contributed by atoms with Crippen molar-refractivity contribution in [3.63, 3.8) is 0 Å². The molecule has 2 N–H and O–H groups in total. The standard InChI is InChI=1S/C16H26N2O4S/c1-16(2,3)23(19,20)18-10-6-4-5-9-17-13-7-8-14-15(11-13)22-12-21-14/h7-8,11,17-18H,4-6,9-10,12H2,1-3H3. The van der Waals surface area contributed by atoms with Crippen LogP contribution in [0.2, 0.25) is 0 Å². The van der Waals surface area contributed by atoms with E-state index in [2.05, 4.69) is 10.0 Å². The molecule has 0 unspecified atom stereocenters. The van der Waals surface area contributed by atoms with Crippen molar-refractivity contribution in [2.45, 2.75) is 44.8 Å². The molecule has 0 spiro atoms. The van der Waals surface area contributed by atoms with Gasteiger partial charge in [0, 0.05) is 24.8 Å². The second-order valence-corrected chi connectivity index (χ2v) is 9.09. The molecule has 0 fully saturated rings. The fraction of sp³-hybridized carbons (Fsp3) is 0.625. The highest BCUT2D eigenvalue weighted by Crippen LogP contribution is 2.34. The lowest BCUT2D eigenvalue weighted by atomic mass is 10.2. The van der Waals surface area contributed by atoms with Crippen molar-refractivity contribution in [3.8, 4) is 11.5 Å². The Hall–Kier alpha value is -1.47. The molecule has 1 aromatic carbocycles. The molecule has 0 aromatic heterocycles. The van der Waals surface area contributed by atoms with Crippen LogP contribution in [0.5, 0.6) is 11.5 Å². The van der Waals surface area contributed by atoms with Gasteiger partial charge in [-0.2, -0.15) is 0 Å². The Labute approximate surface area is 138 Å². The summed E-state index contributed by atoms with van der Waals surface area (Å²) in [7, 11) is -3.23. The number of anilines is 1. The van der Waals surface area contributed by atoms with Crippen molar-refractivity contribution in [1.82, 2.24) is 4.72 Å². The summed E-state index contributed by atoms with van der Waals surface area (Å²) in [6.07, 6.45) is 2.77. The summed E-state index contributed by atoms with van der Waals surface area (Å²) in [6, 6.07) is 5.79. The number of sulfonamides is 1. The molecule has 130 valence electrons. The summed E-state index contributed by atoms with van der Waals surface area (Å²) in [5.41, 5.74) is 1.00. The van der Waals surface area contributed by atoms with Gasteiger partial charge in [0.25, 0.3) is 0 Å². The van der Waals surface area contributed by atoms with Crippen LogP contribution in [0.1, 0.15) is 40.0 Å². The minimum atomic E-state index is -3.23. The first-order chi connectivity index (χ1) is 10.8. The summed E-state index contributed by atoms with van der Waals surface area (Å²) in [6.45, 7) is 6.71. The Bertz CT molecular complexity index is 623. The summed E-state index contributed by atoms with van der Waals surface area (Å²) in [5, 5.41) is 3.33. The van der Waals surface area contributed by atoms with Gasteiger partial charge < -0.3 is 14.8 Å². The molecule has 0 saturated carbocycles. The average Bonchev–Trinajstić information content (AvgIpc) is 2.92. The number of rotatable bonds is 8. The van der Waals surface area contributed by atoms with E-state index >= 15 is 0 Å². The maximum atomic E-state index is 11.9. The third-order valence-electron chi connectivity index (χ3n) is 3.65. The van der Waals surface area contributed by atoms with E-state index in [1.165, 1.54) is 0 Å². The predicted octanol–water partition coefficient (Wildman–Crippen LogP) is 2.72. The second kappa shape index (κ2) is 7.40. The molecule has 6 nitrogen and oxygen atoms in total. The lowest BCUT2D eigenvalue weighted by Gasteiger charge is -2.19. The van der Waals surface area contributed by atoms with Crippen molar-refractivity contribution in [2.75, 3.05) is 25.2 Å². The van der Waals surface area contributed by atoms with E-state index in [1.807, 2.05) is 18.2 Å². The average molecular weight is 342 g/mol. The zero-order valence-corrected chi connectivity index (χ0v) is 14.8. The fourth-order valence-corrected chi connectivity index (χ4v) is 2.94. The first-order valence-electron chi connectivity index (χ1n) is 7.92. The normalized spacial score (nSPS) is 14.0. The Balaban J connectivity index is 1.60. The van der Waals surface area contributed by atoms with Gasteiger partial charge >= 0.3 is 0 Å².